The van der Waals surface area contributed by atoms with Gasteiger partial charge in [-0.15, -0.1) is 0 Å². The Bertz CT molecular complexity index is 543. The predicted octanol–water partition coefficient (Wildman–Crippen LogP) is -0.528. The van der Waals surface area contributed by atoms with Crippen LogP contribution < -0.4 is 10.0 Å². The van der Waals surface area contributed by atoms with Crippen molar-refractivity contribution in [1.82, 2.24) is 14.3 Å². The molecule has 2 N–H and O–H groups in total. The van der Waals surface area contributed by atoms with Crippen molar-refractivity contribution in [1.29, 1.82) is 0 Å². The summed E-state index contributed by atoms with van der Waals surface area (Å²) in [5.41, 5.74) is 0. The second-order valence-electron chi connectivity index (χ2n) is 5.98. The quantitative estimate of drug-likeness (QED) is 0.580. The molecule has 1 aliphatic carbocycles. The standard InChI is InChI=1S/C12H25N3O4S2/c1-15(8-3-7-13-11-5-6-11)21(18,19)14-12-4-2-9-20(16,17)10-12/h11-14H,2-10H2,1H3. The number of hydrogen-bond donors (Lipinski definition) is 2. The van der Waals surface area contributed by atoms with Crippen LogP contribution in [0.2, 0.25) is 0 Å². The van der Waals surface area contributed by atoms with Gasteiger partial charge in [0.15, 0.2) is 9.84 Å². The van der Waals surface area contributed by atoms with Crippen molar-refractivity contribution >= 4 is 20.0 Å². The molecular weight excluding hydrogens is 314 g/mol. The molecule has 0 spiro atoms. The minimum atomic E-state index is -3.60. The van der Waals surface area contributed by atoms with Crippen LogP contribution in [0.25, 0.3) is 0 Å². The van der Waals surface area contributed by atoms with Crippen LogP contribution >= 0.6 is 0 Å². The molecule has 1 atom stereocenters. The maximum atomic E-state index is 12.1. The van der Waals surface area contributed by atoms with Crippen LogP contribution in [-0.2, 0) is 20.0 Å². The van der Waals surface area contributed by atoms with Gasteiger partial charge in [-0.2, -0.15) is 17.4 Å². The van der Waals surface area contributed by atoms with Crippen molar-refractivity contribution in [3.63, 3.8) is 0 Å². The summed E-state index contributed by atoms with van der Waals surface area (Å²) in [4.78, 5) is 0. The summed E-state index contributed by atoms with van der Waals surface area (Å²) in [6, 6.07) is 0.123. The molecule has 2 fully saturated rings. The second kappa shape index (κ2) is 6.91. The van der Waals surface area contributed by atoms with E-state index in [0.717, 1.165) is 13.0 Å². The van der Waals surface area contributed by atoms with Gasteiger partial charge in [-0.1, -0.05) is 0 Å². The Labute approximate surface area is 127 Å². The minimum Gasteiger partial charge on any atom is -0.314 e. The molecule has 1 saturated heterocycles. The van der Waals surface area contributed by atoms with Gasteiger partial charge < -0.3 is 5.32 Å². The molecule has 1 unspecified atom stereocenters. The van der Waals surface area contributed by atoms with Gasteiger partial charge in [0.1, 0.15) is 0 Å². The molecule has 21 heavy (non-hydrogen) atoms. The van der Waals surface area contributed by atoms with Crippen molar-refractivity contribution in [3.8, 4) is 0 Å². The first-order valence-corrected chi connectivity index (χ1v) is 10.7. The van der Waals surface area contributed by atoms with Crippen molar-refractivity contribution in [2.24, 2.45) is 0 Å². The number of rotatable bonds is 8. The van der Waals surface area contributed by atoms with Gasteiger partial charge in [0.25, 0.3) is 10.2 Å². The smallest absolute Gasteiger partial charge is 0.279 e. The van der Waals surface area contributed by atoms with Crippen LogP contribution in [0.4, 0.5) is 0 Å². The zero-order valence-corrected chi connectivity index (χ0v) is 14.0. The van der Waals surface area contributed by atoms with E-state index < -0.39 is 26.1 Å². The second-order valence-corrected chi connectivity index (χ2v) is 10.0. The summed E-state index contributed by atoms with van der Waals surface area (Å²) in [5, 5.41) is 3.33. The SMILES string of the molecule is CN(CCCNC1CC1)S(=O)(=O)NC1CCCS(=O)(=O)C1. The lowest BCUT2D eigenvalue weighted by Gasteiger charge is -2.26. The van der Waals surface area contributed by atoms with Crippen LogP contribution in [0.5, 0.6) is 0 Å². The third-order valence-electron chi connectivity index (χ3n) is 3.85. The fraction of sp³-hybridized carbons (Fsp3) is 1.00. The molecule has 124 valence electrons. The molecule has 2 rings (SSSR count). The lowest BCUT2D eigenvalue weighted by molar-refractivity contribution is 0.431. The molecule has 0 aromatic heterocycles. The average molecular weight is 339 g/mol. The van der Waals surface area contributed by atoms with Crippen molar-refractivity contribution < 1.29 is 16.8 Å². The molecule has 0 radical (unpaired) electrons. The van der Waals surface area contributed by atoms with Crippen LogP contribution in [0.3, 0.4) is 0 Å². The van der Waals surface area contributed by atoms with Crippen molar-refractivity contribution in [2.75, 3.05) is 31.6 Å². The normalized spacial score (nSPS) is 26.1. The van der Waals surface area contributed by atoms with E-state index in [0.29, 0.717) is 25.4 Å². The Kier molecular flexibility index (Phi) is 5.64. The van der Waals surface area contributed by atoms with E-state index in [4.69, 9.17) is 0 Å². The largest absolute Gasteiger partial charge is 0.314 e. The molecule has 0 aromatic carbocycles. The fourth-order valence-electron chi connectivity index (χ4n) is 2.43. The van der Waals surface area contributed by atoms with Crippen LogP contribution in [-0.4, -0.2) is 64.9 Å². The summed E-state index contributed by atoms with van der Waals surface area (Å²) >= 11 is 0. The molecular formula is C12H25N3O4S2. The van der Waals surface area contributed by atoms with E-state index in [1.165, 1.54) is 24.2 Å². The molecule has 1 heterocycles. The third-order valence-corrected chi connectivity index (χ3v) is 7.30. The first kappa shape index (κ1) is 17.1. The van der Waals surface area contributed by atoms with Gasteiger partial charge in [0, 0.05) is 25.7 Å². The number of nitrogens with zero attached hydrogens (tertiary/aromatic N) is 1. The highest BCUT2D eigenvalue weighted by molar-refractivity contribution is 7.91. The van der Waals surface area contributed by atoms with E-state index in [-0.39, 0.29) is 11.5 Å². The van der Waals surface area contributed by atoms with Crippen LogP contribution in [0, 0.1) is 0 Å². The first-order chi connectivity index (χ1) is 9.78. The topological polar surface area (TPSA) is 95.6 Å². The lowest BCUT2D eigenvalue weighted by Crippen LogP contribution is -2.48. The van der Waals surface area contributed by atoms with Crippen LogP contribution in [0.1, 0.15) is 32.1 Å². The van der Waals surface area contributed by atoms with Gasteiger partial charge in [-0.05, 0) is 38.6 Å². The van der Waals surface area contributed by atoms with Gasteiger partial charge in [0.05, 0.1) is 11.5 Å². The molecule has 1 aliphatic heterocycles. The molecule has 9 heteroatoms. The summed E-state index contributed by atoms with van der Waals surface area (Å²) in [5.74, 6) is 0.0667. The lowest BCUT2D eigenvalue weighted by atomic mass is 10.2. The van der Waals surface area contributed by atoms with Gasteiger partial charge in [-0.25, -0.2) is 8.42 Å². The highest BCUT2D eigenvalue weighted by Gasteiger charge is 2.29. The van der Waals surface area contributed by atoms with Gasteiger partial charge in [-0.3, -0.25) is 0 Å². The number of sulfone groups is 1. The van der Waals surface area contributed by atoms with E-state index in [1.54, 1.807) is 0 Å². The Morgan fingerprint density at radius 3 is 2.52 bits per heavy atom. The minimum absolute atomic E-state index is 0.0939. The van der Waals surface area contributed by atoms with E-state index in [9.17, 15) is 16.8 Å². The maximum Gasteiger partial charge on any atom is 0.279 e. The predicted molar refractivity (Wildman–Crippen MR) is 82.0 cm³/mol. The van der Waals surface area contributed by atoms with Crippen molar-refractivity contribution in [3.05, 3.63) is 0 Å². The zero-order chi connectivity index (χ0) is 15.5. The zero-order valence-electron chi connectivity index (χ0n) is 12.4. The first-order valence-electron chi connectivity index (χ1n) is 7.46. The average Bonchev–Trinajstić information content (AvgIpc) is 3.16. The molecule has 0 bridgehead atoms. The van der Waals surface area contributed by atoms with E-state index in [2.05, 4.69) is 10.0 Å². The van der Waals surface area contributed by atoms with Gasteiger partial charge in [0.2, 0.25) is 0 Å². The molecule has 0 aromatic rings. The number of hydrogen-bond acceptors (Lipinski definition) is 5. The summed E-state index contributed by atoms with van der Waals surface area (Å²) in [7, 11) is -5.19. The van der Waals surface area contributed by atoms with Crippen molar-refractivity contribution in [2.45, 2.75) is 44.2 Å². The molecule has 0 amide bonds. The Morgan fingerprint density at radius 1 is 1.19 bits per heavy atom. The van der Waals surface area contributed by atoms with E-state index in [1.807, 2.05) is 0 Å². The highest BCUT2D eigenvalue weighted by Crippen LogP contribution is 2.18. The van der Waals surface area contributed by atoms with E-state index >= 15 is 0 Å². The molecule has 2 aliphatic rings. The summed E-state index contributed by atoms with van der Waals surface area (Å²) in [6.07, 6.45) is 4.27. The number of nitrogens with one attached hydrogen (secondary N) is 2. The van der Waals surface area contributed by atoms with Gasteiger partial charge >= 0.3 is 0 Å². The third kappa shape index (κ3) is 5.82. The summed E-state index contributed by atoms with van der Waals surface area (Å²) in [6.45, 7) is 1.23. The maximum absolute atomic E-state index is 12.1. The Balaban J connectivity index is 1.76. The Hall–Kier alpha value is -0.220. The fourth-order valence-corrected chi connectivity index (χ4v) is 5.35. The monoisotopic (exact) mass is 339 g/mol. The van der Waals surface area contributed by atoms with Crippen LogP contribution in [0.15, 0.2) is 0 Å². The summed E-state index contributed by atoms with van der Waals surface area (Å²) < 4.78 is 51.2. The molecule has 1 saturated carbocycles. The Morgan fingerprint density at radius 2 is 1.90 bits per heavy atom. The highest BCUT2D eigenvalue weighted by atomic mass is 32.2. The molecule has 7 nitrogen and oxygen atoms in total.